The molecule has 2 N–H and O–H groups in total. The van der Waals surface area contributed by atoms with E-state index in [-0.39, 0.29) is 11.8 Å². The highest BCUT2D eigenvalue weighted by atomic mass is 35.6. The molecule has 1 aliphatic rings. The lowest BCUT2D eigenvalue weighted by molar-refractivity contribution is -0.931. The molecular formula is C11H20Cl3N2O+. The van der Waals surface area contributed by atoms with E-state index in [1.807, 2.05) is 13.8 Å². The van der Waals surface area contributed by atoms with Gasteiger partial charge in [-0.2, -0.15) is 0 Å². The van der Waals surface area contributed by atoms with Crippen LogP contribution in [-0.2, 0) is 4.79 Å². The van der Waals surface area contributed by atoms with Gasteiger partial charge in [-0.3, -0.25) is 4.79 Å². The van der Waals surface area contributed by atoms with Gasteiger partial charge in [0.05, 0.1) is 13.1 Å². The first-order valence-corrected chi connectivity index (χ1v) is 7.17. The summed E-state index contributed by atoms with van der Waals surface area (Å²) in [5, 5.41) is 2.85. The van der Waals surface area contributed by atoms with Crippen LogP contribution in [-0.4, -0.2) is 29.0 Å². The zero-order valence-electron chi connectivity index (χ0n) is 10.2. The number of carbonyl (C=O) groups is 1. The highest BCUT2D eigenvalue weighted by molar-refractivity contribution is 6.68. The van der Waals surface area contributed by atoms with Crippen LogP contribution in [0, 0.1) is 5.92 Å². The molecule has 1 heterocycles. The number of hydrogen-bond acceptors (Lipinski definition) is 1. The predicted molar refractivity (Wildman–Crippen MR) is 71.6 cm³/mol. The fourth-order valence-electron chi connectivity index (χ4n) is 2.02. The number of nitrogens with one attached hydrogen (secondary N) is 2. The first-order valence-electron chi connectivity index (χ1n) is 6.04. The van der Waals surface area contributed by atoms with Crippen LogP contribution in [0.1, 0.15) is 33.1 Å². The van der Waals surface area contributed by atoms with E-state index in [4.69, 9.17) is 34.8 Å². The van der Waals surface area contributed by atoms with Gasteiger partial charge in [-0.25, -0.2) is 0 Å². The van der Waals surface area contributed by atoms with Crippen molar-refractivity contribution < 1.29 is 9.69 Å². The molecule has 0 aromatic heterocycles. The summed E-state index contributed by atoms with van der Waals surface area (Å²) in [5.41, 5.74) is 0. The van der Waals surface area contributed by atoms with E-state index in [9.17, 15) is 4.79 Å². The van der Waals surface area contributed by atoms with Crippen LogP contribution in [0.5, 0.6) is 0 Å². The van der Waals surface area contributed by atoms with E-state index in [0.717, 1.165) is 30.8 Å². The van der Waals surface area contributed by atoms with E-state index in [1.165, 1.54) is 6.42 Å². The Balaban J connectivity index is 2.69. The Morgan fingerprint density at radius 2 is 1.71 bits per heavy atom. The van der Waals surface area contributed by atoms with E-state index in [1.54, 1.807) is 0 Å². The van der Waals surface area contributed by atoms with Crippen molar-refractivity contribution in [1.82, 2.24) is 5.32 Å². The Morgan fingerprint density at radius 3 is 2.12 bits per heavy atom. The number of rotatable bonds is 3. The topological polar surface area (TPSA) is 33.5 Å². The van der Waals surface area contributed by atoms with Gasteiger partial charge in [-0.15, -0.1) is 0 Å². The maximum atomic E-state index is 11.7. The first-order chi connectivity index (χ1) is 7.82. The minimum absolute atomic E-state index is 0.0700. The lowest BCUT2D eigenvalue weighted by atomic mass is 10.1. The average Bonchev–Trinajstić information content (AvgIpc) is 2.25. The predicted octanol–water partition coefficient (Wildman–Crippen LogP) is 1.52. The molecule has 0 aromatic rings. The smallest absolute Gasteiger partial charge is 0.262 e. The second-order valence-electron chi connectivity index (χ2n) is 4.86. The van der Waals surface area contributed by atoms with Gasteiger partial charge in [-0.1, -0.05) is 48.7 Å². The summed E-state index contributed by atoms with van der Waals surface area (Å²) in [7, 11) is 0. The van der Waals surface area contributed by atoms with Gasteiger partial charge in [0.15, 0.2) is 0 Å². The van der Waals surface area contributed by atoms with Crippen molar-refractivity contribution in [1.29, 1.82) is 0 Å². The Labute approximate surface area is 118 Å². The molecule has 100 valence electrons. The minimum atomic E-state index is -1.46. The van der Waals surface area contributed by atoms with Crippen molar-refractivity contribution in [3.05, 3.63) is 0 Å². The molecule has 0 saturated carbocycles. The standard InChI is InChI=1S/C11H19Cl3N2O/c1-8(2)9(17)15-10(11(12,13)14)16-6-4-3-5-7-16/h8,10H,3-7H2,1-2H3,(H,15,17)/p+1/t10-/m0/s1. The molecule has 17 heavy (non-hydrogen) atoms. The number of carbonyl (C=O) groups excluding carboxylic acids is 1. The molecule has 0 bridgehead atoms. The van der Waals surface area contributed by atoms with Crippen molar-refractivity contribution in [3.8, 4) is 0 Å². The SMILES string of the molecule is CC(C)C(=O)N[C@@H]([NH+]1CCCCC1)C(Cl)(Cl)Cl. The summed E-state index contributed by atoms with van der Waals surface area (Å²) in [6, 6.07) is 0. The number of alkyl halides is 3. The average molecular weight is 303 g/mol. The molecule has 0 aliphatic carbocycles. The third-order valence-corrected chi connectivity index (χ3v) is 3.70. The lowest BCUT2D eigenvalue weighted by Gasteiger charge is -2.35. The van der Waals surface area contributed by atoms with Crippen molar-refractivity contribution in [2.75, 3.05) is 13.1 Å². The molecule has 1 rings (SSSR count). The highest BCUT2D eigenvalue weighted by Gasteiger charge is 2.42. The zero-order chi connectivity index (χ0) is 13.1. The van der Waals surface area contributed by atoms with E-state index in [0.29, 0.717) is 0 Å². The Hall–Kier alpha value is 0.300. The molecule has 6 heteroatoms. The molecule has 1 fully saturated rings. The largest absolute Gasteiger partial charge is 0.312 e. The summed E-state index contributed by atoms with van der Waals surface area (Å²) in [6.07, 6.45) is 2.99. The monoisotopic (exact) mass is 301 g/mol. The molecule has 0 unspecified atom stereocenters. The van der Waals surface area contributed by atoms with E-state index < -0.39 is 9.96 Å². The maximum Gasteiger partial charge on any atom is 0.262 e. The van der Waals surface area contributed by atoms with Gasteiger partial charge < -0.3 is 10.2 Å². The third-order valence-electron chi connectivity index (χ3n) is 3.04. The van der Waals surface area contributed by atoms with Crippen LogP contribution in [0.25, 0.3) is 0 Å². The maximum absolute atomic E-state index is 11.7. The summed E-state index contributed by atoms with van der Waals surface area (Å²) >= 11 is 17.9. The number of halogens is 3. The number of amides is 1. The number of likely N-dealkylation sites (tertiary alicyclic amines) is 1. The lowest BCUT2D eigenvalue weighted by Crippen LogP contribution is -3.20. The van der Waals surface area contributed by atoms with Gasteiger partial charge >= 0.3 is 0 Å². The van der Waals surface area contributed by atoms with Crippen LogP contribution in [0.4, 0.5) is 0 Å². The first kappa shape index (κ1) is 15.4. The third kappa shape index (κ3) is 4.82. The number of quaternary nitrogens is 1. The molecular weight excluding hydrogens is 282 g/mol. The van der Waals surface area contributed by atoms with Gasteiger partial charge in [0.1, 0.15) is 0 Å². The van der Waals surface area contributed by atoms with Crippen LogP contribution >= 0.6 is 34.8 Å². The van der Waals surface area contributed by atoms with Crippen LogP contribution < -0.4 is 10.2 Å². The van der Waals surface area contributed by atoms with Gasteiger partial charge in [-0.05, 0) is 19.3 Å². The van der Waals surface area contributed by atoms with E-state index >= 15 is 0 Å². The fourth-order valence-corrected chi connectivity index (χ4v) is 2.65. The summed E-state index contributed by atoms with van der Waals surface area (Å²) < 4.78 is -1.46. The van der Waals surface area contributed by atoms with Gasteiger partial charge in [0.25, 0.3) is 3.79 Å². The molecule has 1 saturated heterocycles. The van der Waals surface area contributed by atoms with Gasteiger partial charge in [0, 0.05) is 5.92 Å². The molecule has 3 nitrogen and oxygen atoms in total. The Bertz CT molecular complexity index is 260. The number of hydrogen-bond donors (Lipinski definition) is 2. The van der Waals surface area contributed by atoms with Crippen LogP contribution in [0.15, 0.2) is 0 Å². The Morgan fingerprint density at radius 1 is 1.18 bits per heavy atom. The van der Waals surface area contributed by atoms with Crippen molar-refractivity contribution in [2.24, 2.45) is 5.92 Å². The molecule has 1 atom stereocenters. The summed E-state index contributed by atoms with van der Waals surface area (Å²) in [5.74, 6) is -0.173. The second-order valence-corrected chi connectivity index (χ2v) is 7.23. The molecule has 1 aliphatic heterocycles. The quantitative estimate of drug-likeness (QED) is 0.762. The summed E-state index contributed by atoms with van der Waals surface area (Å²) in [4.78, 5) is 12.9. The minimum Gasteiger partial charge on any atom is -0.312 e. The highest BCUT2D eigenvalue weighted by Crippen LogP contribution is 2.28. The van der Waals surface area contributed by atoms with Crippen molar-refractivity contribution in [3.63, 3.8) is 0 Å². The van der Waals surface area contributed by atoms with E-state index in [2.05, 4.69) is 5.32 Å². The molecule has 0 spiro atoms. The normalized spacial score (nSPS) is 20.4. The van der Waals surface area contributed by atoms with Gasteiger partial charge in [0.2, 0.25) is 12.1 Å². The second kappa shape index (κ2) is 6.46. The molecule has 1 amide bonds. The van der Waals surface area contributed by atoms with Crippen LogP contribution in [0.3, 0.4) is 0 Å². The Kier molecular flexibility index (Phi) is 5.84. The fraction of sp³-hybridized carbons (Fsp3) is 0.909. The number of piperidine rings is 1. The summed E-state index contributed by atoms with van der Waals surface area (Å²) in [6.45, 7) is 5.54. The molecule has 0 radical (unpaired) electrons. The van der Waals surface area contributed by atoms with Crippen molar-refractivity contribution in [2.45, 2.75) is 43.1 Å². The zero-order valence-corrected chi connectivity index (χ0v) is 12.5. The van der Waals surface area contributed by atoms with Crippen molar-refractivity contribution >= 4 is 40.7 Å². The van der Waals surface area contributed by atoms with Crippen LogP contribution in [0.2, 0.25) is 0 Å². The molecule has 0 aromatic carbocycles.